The molecule has 0 aliphatic carbocycles. The van der Waals surface area contributed by atoms with Crippen LogP contribution in [-0.2, 0) is 14.8 Å². The second-order valence-electron chi connectivity index (χ2n) is 6.42. The van der Waals surface area contributed by atoms with Crippen LogP contribution in [0.1, 0.15) is 24.0 Å². The minimum absolute atomic E-state index is 0.0260. The molecule has 1 fully saturated rings. The van der Waals surface area contributed by atoms with Crippen molar-refractivity contribution in [1.29, 1.82) is 0 Å². The maximum atomic E-state index is 12.5. The summed E-state index contributed by atoms with van der Waals surface area (Å²) < 4.78 is 26.9. The Morgan fingerprint density at radius 2 is 1.92 bits per heavy atom. The summed E-state index contributed by atoms with van der Waals surface area (Å²) in [5.41, 5.74) is 2.95. The number of thiophene rings is 1. The maximum absolute atomic E-state index is 12.5. The highest BCUT2D eigenvalue weighted by Crippen LogP contribution is 2.27. The quantitative estimate of drug-likeness (QED) is 0.887. The number of benzene rings is 1. The van der Waals surface area contributed by atoms with Crippen molar-refractivity contribution in [3.63, 3.8) is 0 Å². The fraction of sp³-hybridized carbons (Fsp3) is 0.389. The van der Waals surface area contributed by atoms with Crippen molar-refractivity contribution in [3.05, 3.63) is 46.8 Å². The van der Waals surface area contributed by atoms with Crippen LogP contribution in [0.15, 0.2) is 39.9 Å². The van der Waals surface area contributed by atoms with Crippen molar-refractivity contribution in [2.45, 2.75) is 30.9 Å². The van der Waals surface area contributed by atoms with E-state index in [9.17, 15) is 13.2 Å². The average molecular weight is 379 g/mol. The summed E-state index contributed by atoms with van der Waals surface area (Å²) in [7, 11) is -3.42. The van der Waals surface area contributed by atoms with Crippen molar-refractivity contribution in [3.8, 4) is 0 Å². The second kappa shape index (κ2) is 7.27. The van der Waals surface area contributed by atoms with E-state index in [2.05, 4.69) is 5.32 Å². The molecule has 1 N–H and O–H groups in total. The van der Waals surface area contributed by atoms with Gasteiger partial charge in [-0.2, -0.15) is 4.31 Å². The van der Waals surface area contributed by atoms with Gasteiger partial charge in [0.05, 0.1) is 0 Å². The Bertz CT molecular complexity index is 852. The molecule has 0 unspecified atom stereocenters. The molecule has 7 heteroatoms. The first-order chi connectivity index (χ1) is 11.9. The molecule has 1 aromatic carbocycles. The Morgan fingerprint density at radius 1 is 1.20 bits per heavy atom. The highest BCUT2D eigenvalue weighted by molar-refractivity contribution is 7.91. The van der Waals surface area contributed by atoms with Gasteiger partial charge in [0.1, 0.15) is 4.21 Å². The van der Waals surface area contributed by atoms with E-state index < -0.39 is 10.0 Å². The third-order valence-electron chi connectivity index (χ3n) is 4.56. The summed E-state index contributed by atoms with van der Waals surface area (Å²) in [5.74, 6) is -0.184. The van der Waals surface area contributed by atoms with Crippen molar-refractivity contribution < 1.29 is 13.2 Å². The Morgan fingerprint density at radius 3 is 2.56 bits per heavy atom. The second-order valence-corrected chi connectivity index (χ2v) is 9.53. The molecular weight excluding hydrogens is 356 g/mol. The normalized spacial score (nSPS) is 16.7. The van der Waals surface area contributed by atoms with Gasteiger partial charge in [0.2, 0.25) is 5.91 Å². The van der Waals surface area contributed by atoms with Gasteiger partial charge < -0.3 is 5.32 Å². The molecular formula is C18H22N2O3S2. The Labute approximate surface area is 152 Å². The van der Waals surface area contributed by atoms with E-state index in [0.29, 0.717) is 30.1 Å². The summed E-state index contributed by atoms with van der Waals surface area (Å²) in [6, 6.07) is 9.32. The molecule has 0 saturated carbocycles. The highest BCUT2D eigenvalue weighted by atomic mass is 32.2. The molecule has 0 spiro atoms. The van der Waals surface area contributed by atoms with E-state index in [1.54, 1.807) is 17.5 Å². The first-order valence-electron chi connectivity index (χ1n) is 8.29. The molecule has 0 radical (unpaired) electrons. The topological polar surface area (TPSA) is 66.5 Å². The number of nitrogens with one attached hydrogen (secondary N) is 1. The van der Waals surface area contributed by atoms with E-state index in [1.807, 2.05) is 32.0 Å². The van der Waals surface area contributed by atoms with Crippen molar-refractivity contribution in [2.24, 2.45) is 5.92 Å². The largest absolute Gasteiger partial charge is 0.326 e. The van der Waals surface area contributed by atoms with Gasteiger partial charge in [-0.15, -0.1) is 11.3 Å². The van der Waals surface area contributed by atoms with E-state index in [4.69, 9.17) is 0 Å². The van der Waals surface area contributed by atoms with Crippen molar-refractivity contribution in [2.75, 3.05) is 18.4 Å². The molecule has 134 valence electrons. The van der Waals surface area contributed by atoms with Crippen LogP contribution in [0.3, 0.4) is 0 Å². The molecule has 5 nitrogen and oxygen atoms in total. The first-order valence-corrected chi connectivity index (χ1v) is 10.6. The number of aryl methyl sites for hydroxylation is 2. The van der Waals surface area contributed by atoms with Gasteiger partial charge in [0.25, 0.3) is 10.0 Å². The standard InChI is InChI=1S/C18H22N2O3S2/c1-13-5-6-14(2)16(12-13)19-18(21)15-7-9-20(10-8-15)25(22,23)17-4-3-11-24-17/h3-6,11-12,15H,7-10H2,1-2H3,(H,19,21). The minimum Gasteiger partial charge on any atom is -0.326 e. The fourth-order valence-electron chi connectivity index (χ4n) is 3.00. The summed E-state index contributed by atoms with van der Waals surface area (Å²) in [5, 5.41) is 4.76. The number of hydrogen-bond donors (Lipinski definition) is 1. The van der Waals surface area contributed by atoms with Crippen LogP contribution in [0.4, 0.5) is 5.69 Å². The lowest BCUT2D eigenvalue weighted by Crippen LogP contribution is -2.41. The predicted octanol–water partition coefficient (Wildman–Crippen LogP) is 3.40. The highest BCUT2D eigenvalue weighted by Gasteiger charge is 2.32. The van der Waals surface area contributed by atoms with Gasteiger partial charge in [-0.1, -0.05) is 18.2 Å². The molecule has 0 atom stereocenters. The SMILES string of the molecule is Cc1ccc(C)c(NC(=O)C2CCN(S(=O)(=O)c3cccs3)CC2)c1. The lowest BCUT2D eigenvalue weighted by Gasteiger charge is -2.30. The molecule has 2 aromatic rings. The number of anilines is 1. The zero-order valence-electron chi connectivity index (χ0n) is 14.4. The Hall–Kier alpha value is -1.70. The van der Waals surface area contributed by atoms with Crippen LogP contribution < -0.4 is 5.32 Å². The third kappa shape index (κ3) is 3.94. The van der Waals surface area contributed by atoms with Crippen LogP contribution in [0, 0.1) is 19.8 Å². The average Bonchev–Trinajstić information content (AvgIpc) is 3.13. The number of amides is 1. The molecule has 1 saturated heterocycles. The van der Waals surface area contributed by atoms with Gasteiger partial charge in [0.15, 0.2) is 0 Å². The van der Waals surface area contributed by atoms with Gasteiger partial charge in [-0.3, -0.25) is 4.79 Å². The predicted molar refractivity (Wildman–Crippen MR) is 100 cm³/mol. The number of nitrogens with zero attached hydrogens (tertiary/aromatic N) is 1. The van der Waals surface area contributed by atoms with Crippen LogP contribution in [-0.4, -0.2) is 31.7 Å². The molecule has 25 heavy (non-hydrogen) atoms. The van der Waals surface area contributed by atoms with Crippen LogP contribution in [0.25, 0.3) is 0 Å². The molecule has 1 aliphatic heterocycles. The Kier molecular flexibility index (Phi) is 5.27. The number of carbonyl (C=O) groups excluding carboxylic acids is 1. The summed E-state index contributed by atoms with van der Waals surface area (Å²) >= 11 is 1.23. The monoisotopic (exact) mass is 378 g/mol. The fourth-order valence-corrected chi connectivity index (χ4v) is 5.62. The molecule has 0 bridgehead atoms. The lowest BCUT2D eigenvalue weighted by molar-refractivity contribution is -0.120. The lowest BCUT2D eigenvalue weighted by atomic mass is 9.97. The van der Waals surface area contributed by atoms with Crippen LogP contribution >= 0.6 is 11.3 Å². The van der Waals surface area contributed by atoms with Gasteiger partial charge in [-0.25, -0.2) is 8.42 Å². The number of hydrogen-bond acceptors (Lipinski definition) is 4. The zero-order valence-corrected chi connectivity index (χ0v) is 16.0. The van der Waals surface area contributed by atoms with E-state index in [0.717, 1.165) is 16.8 Å². The molecule has 1 aromatic heterocycles. The van der Waals surface area contributed by atoms with Gasteiger partial charge in [-0.05, 0) is 55.3 Å². The number of piperidine rings is 1. The maximum Gasteiger partial charge on any atom is 0.252 e. The zero-order chi connectivity index (χ0) is 18.0. The first kappa shape index (κ1) is 18.1. The van der Waals surface area contributed by atoms with E-state index in [1.165, 1.54) is 15.6 Å². The summed E-state index contributed by atoms with van der Waals surface area (Å²) in [4.78, 5) is 12.5. The third-order valence-corrected chi connectivity index (χ3v) is 7.84. The van der Waals surface area contributed by atoms with E-state index >= 15 is 0 Å². The van der Waals surface area contributed by atoms with Crippen molar-refractivity contribution >= 4 is 33.0 Å². The molecule has 1 amide bonds. The number of sulfonamides is 1. The summed E-state index contributed by atoms with van der Waals surface area (Å²) in [6.07, 6.45) is 1.09. The van der Waals surface area contributed by atoms with Crippen LogP contribution in [0.2, 0.25) is 0 Å². The van der Waals surface area contributed by atoms with E-state index in [-0.39, 0.29) is 11.8 Å². The number of carbonyl (C=O) groups is 1. The minimum atomic E-state index is -3.42. The smallest absolute Gasteiger partial charge is 0.252 e. The molecule has 1 aliphatic rings. The van der Waals surface area contributed by atoms with Crippen molar-refractivity contribution in [1.82, 2.24) is 4.31 Å². The van der Waals surface area contributed by atoms with Gasteiger partial charge >= 0.3 is 0 Å². The molecule has 2 heterocycles. The van der Waals surface area contributed by atoms with Gasteiger partial charge in [0, 0.05) is 24.7 Å². The number of rotatable bonds is 4. The molecule has 3 rings (SSSR count). The summed E-state index contributed by atoms with van der Waals surface area (Å²) in [6.45, 7) is 4.71. The van der Waals surface area contributed by atoms with Crippen LogP contribution in [0.5, 0.6) is 0 Å². The Balaban J connectivity index is 1.62.